The maximum Gasteiger partial charge on any atom is 0.234 e. The van der Waals surface area contributed by atoms with Gasteiger partial charge in [-0.3, -0.25) is 9.36 Å². The zero-order valence-corrected chi connectivity index (χ0v) is 19.2. The van der Waals surface area contributed by atoms with Gasteiger partial charge < -0.3 is 5.32 Å². The van der Waals surface area contributed by atoms with Crippen molar-refractivity contribution in [3.8, 4) is 17.1 Å². The Hall–Kier alpha value is -2.87. The van der Waals surface area contributed by atoms with Crippen molar-refractivity contribution in [3.63, 3.8) is 0 Å². The van der Waals surface area contributed by atoms with Crippen LogP contribution in [-0.4, -0.2) is 26.4 Å². The van der Waals surface area contributed by atoms with Crippen molar-refractivity contribution >= 4 is 46.6 Å². The molecule has 0 unspecified atom stereocenters. The van der Waals surface area contributed by atoms with Crippen molar-refractivity contribution in [1.82, 2.24) is 14.8 Å². The number of rotatable bonds is 6. The number of nitrogens with one attached hydrogen (secondary N) is 1. The molecule has 0 aliphatic rings. The molecular formula is C23H17Cl2FN4OS. The van der Waals surface area contributed by atoms with Crippen LogP contribution in [0.3, 0.4) is 0 Å². The minimum Gasteiger partial charge on any atom is -0.324 e. The minimum absolute atomic E-state index is 0.0457. The van der Waals surface area contributed by atoms with Gasteiger partial charge in [0.25, 0.3) is 0 Å². The van der Waals surface area contributed by atoms with Crippen LogP contribution in [0.2, 0.25) is 10.0 Å². The number of carbonyl (C=O) groups excluding carboxylic acids is 1. The first-order valence-corrected chi connectivity index (χ1v) is 11.3. The van der Waals surface area contributed by atoms with Gasteiger partial charge in [-0.15, -0.1) is 10.2 Å². The van der Waals surface area contributed by atoms with Crippen LogP contribution >= 0.6 is 35.0 Å². The Kier molecular flexibility index (Phi) is 6.79. The summed E-state index contributed by atoms with van der Waals surface area (Å²) in [6.07, 6.45) is 0. The van der Waals surface area contributed by atoms with Crippen LogP contribution in [0.25, 0.3) is 17.1 Å². The molecule has 1 heterocycles. The third-order valence-electron chi connectivity index (χ3n) is 4.58. The van der Waals surface area contributed by atoms with Gasteiger partial charge in [0, 0.05) is 10.7 Å². The van der Waals surface area contributed by atoms with Gasteiger partial charge in [-0.1, -0.05) is 64.8 Å². The zero-order valence-electron chi connectivity index (χ0n) is 16.8. The second-order valence-electron chi connectivity index (χ2n) is 6.92. The van der Waals surface area contributed by atoms with E-state index in [0.29, 0.717) is 32.3 Å². The average Bonchev–Trinajstić information content (AvgIpc) is 3.19. The summed E-state index contributed by atoms with van der Waals surface area (Å²) in [5.74, 6) is -0.291. The smallest absolute Gasteiger partial charge is 0.234 e. The average molecular weight is 487 g/mol. The van der Waals surface area contributed by atoms with E-state index in [1.54, 1.807) is 41.0 Å². The molecular weight excluding hydrogens is 470 g/mol. The Morgan fingerprint density at radius 2 is 1.81 bits per heavy atom. The van der Waals surface area contributed by atoms with Gasteiger partial charge >= 0.3 is 0 Å². The molecule has 0 atom stereocenters. The van der Waals surface area contributed by atoms with Crippen LogP contribution in [0.15, 0.2) is 71.9 Å². The lowest BCUT2D eigenvalue weighted by molar-refractivity contribution is -0.113. The minimum atomic E-state index is -0.404. The lowest BCUT2D eigenvalue weighted by atomic mass is 10.2. The second kappa shape index (κ2) is 9.73. The fourth-order valence-corrected chi connectivity index (χ4v) is 4.11. The lowest BCUT2D eigenvalue weighted by Gasteiger charge is -2.11. The molecule has 32 heavy (non-hydrogen) atoms. The summed E-state index contributed by atoms with van der Waals surface area (Å²) in [7, 11) is 0. The molecule has 4 rings (SSSR count). The molecule has 0 fully saturated rings. The molecule has 1 aromatic heterocycles. The number of halogens is 3. The lowest BCUT2D eigenvalue weighted by Crippen LogP contribution is -2.15. The molecule has 0 aliphatic heterocycles. The Labute approximate surface area is 198 Å². The van der Waals surface area contributed by atoms with Gasteiger partial charge in [0.15, 0.2) is 11.0 Å². The van der Waals surface area contributed by atoms with Gasteiger partial charge in [-0.2, -0.15) is 0 Å². The number of benzene rings is 3. The van der Waals surface area contributed by atoms with Crippen molar-refractivity contribution in [2.45, 2.75) is 12.1 Å². The number of nitrogens with zero attached hydrogens (tertiary/aromatic N) is 3. The van der Waals surface area contributed by atoms with E-state index in [1.807, 2.05) is 31.2 Å². The molecule has 1 N–H and O–H groups in total. The third-order valence-corrected chi connectivity index (χ3v) is 6.07. The largest absolute Gasteiger partial charge is 0.324 e. The number of hydrogen-bond donors (Lipinski definition) is 1. The summed E-state index contributed by atoms with van der Waals surface area (Å²) in [6.45, 7) is 1.98. The van der Waals surface area contributed by atoms with Crippen LogP contribution in [0, 0.1) is 12.7 Å². The van der Waals surface area contributed by atoms with Gasteiger partial charge in [-0.05, 0) is 49.4 Å². The summed E-state index contributed by atoms with van der Waals surface area (Å²) < 4.78 is 16.2. The molecule has 0 bridgehead atoms. The first kappa shape index (κ1) is 22.3. The van der Waals surface area contributed by atoms with Crippen LogP contribution in [-0.2, 0) is 4.79 Å². The van der Waals surface area contributed by atoms with Crippen molar-refractivity contribution in [3.05, 3.63) is 88.2 Å². The molecule has 9 heteroatoms. The molecule has 162 valence electrons. The highest BCUT2D eigenvalue weighted by molar-refractivity contribution is 7.99. The quantitative estimate of drug-likeness (QED) is 0.319. The van der Waals surface area contributed by atoms with Crippen molar-refractivity contribution in [2.75, 3.05) is 11.1 Å². The van der Waals surface area contributed by atoms with Crippen LogP contribution in [0.4, 0.5) is 10.1 Å². The fourth-order valence-electron chi connectivity index (χ4n) is 3.02. The van der Waals surface area contributed by atoms with Crippen LogP contribution in [0.1, 0.15) is 5.56 Å². The van der Waals surface area contributed by atoms with Crippen molar-refractivity contribution in [1.29, 1.82) is 0 Å². The number of aromatic nitrogens is 3. The van der Waals surface area contributed by atoms with Gasteiger partial charge in [0.1, 0.15) is 5.82 Å². The van der Waals surface area contributed by atoms with Gasteiger partial charge in [0.2, 0.25) is 5.91 Å². The third kappa shape index (κ3) is 4.96. The summed E-state index contributed by atoms with van der Waals surface area (Å²) in [6, 6.07) is 18.9. The van der Waals surface area contributed by atoms with Crippen LogP contribution in [0.5, 0.6) is 0 Å². The number of anilines is 1. The van der Waals surface area contributed by atoms with E-state index >= 15 is 0 Å². The van der Waals surface area contributed by atoms with E-state index in [4.69, 9.17) is 23.2 Å². The summed E-state index contributed by atoms with van der Waals surface area (Å²) in [5, 5.41) is 12.5. The molecule has 3 aromatic carbocycles. The molecule has 0 saturated carbocycles. The number of thioether (sulfide) groups is 1. The summed E-state index contributed by atoms with van der Waals surface area (Å²) in [5.41, 5.74) is 2.60. The van der Waals surface area contributed by atoms with E-state index < -0.39 is 5.82 Å². The van der Waals surface area contributed by atoms with E-state index in [1.165, 1.54) is 17.8 Å². The molecule has 0 aliphatic carbocycles. The molecule has 4 aromatic rings. The van der Waals surface area contributed by atoms with Gasteiger partial charge in [-0.25, -0.2) is 4.39 Å². The highest BCUT2D eigenvalue weighted by Gasteiger charge is 2.19. The molecule has 5 nitrogen and oxygen atoms in total. The topological polar surface area (TPSA) is 59.8 Å². The number of amides is 1. The van der Waals surface area contributed by atoms with E-state index in [0.717, 1.165) is 11.3 Å². The Morgan fingerprint density at radius 3 is 2.56 bits per heavy atom. The second-order valence-corrected chi connectivity index (χ2v) is 8.70. The Bertz CT molecular complexity index is 1280. The fraction of sp³-hybridized carbons (Fsp3) is 0.0870. The maximum absolute atomic E-state index is 14.5. The molecule has 0 spiro atoms. The standard InChI is InChI=1S/C23H17Cl2FN4OS/c1-14-6-9-16(10-7-14)30-22(17-4-2-3-5-19(17)26)28-29-23(30)32-13-21(31)27-20-12-15(24)8-11-18(20)25/h2-12H,13H2,1H3,(H,27,31). The normalized spacial score (nSPS) is 10.9. The number of carbonyl (C=O) groups is 1. The first-order valence-electron chi connectivity index (χ1n) is 9.57. The summed E-state index contributed by atoms with van der Waals surface area (Å²) in [4.78, 5) is 12.5. The maximum atomic E-state index is 14.5. The highest BCUT2D eigenvalue weighted by Crippen LogP contribution is 2.30. The van der Waals surface area contributed by atoms with Crippen molar-refractivity contribution < 1.29 is 9.18 Å². The van der Waals surface area contributed by atoms with Crippen molar-refractivity contribution in [2.24, 2.45) is 0 Å². The Balaban J connectivity index is 1.62. The molecule has 0 radical (unpaired) electrons. The predicted molar refractivity (Wildman–Crippen MR) is 127 cm³/mol. The first-order chi connectivity index (χ1) is 15.4. The monoisotopic (exact) mass is 486 g/mol. The van der Waals surface area contributed by atoms with E-state index in [9.17, 15) is 9.18 Å². The number of hydrogen-bond acceptors (Lipinski definition) is 4. The number of aryl methyl sites for hydroxylation is 1. The Morgan fingerprint density at radius 1 is 1.06 bits per heavy atom. The zero-order chi connectivity index (χ0) is 22.7. The van der Waals surface area contributed by atoms with Gasteiger partial charge in [0.05, 0.1) is 22.0 Å². The molecule has 1 amide bonds. The SMILES string of the molecule is Cc1ccc(-n2c(SCC(=O)Nc3cc(Cl)ccc3Cl)nnc2-c2ccccc2F)cc1. The summed E-state index contributed by atoms with van der Waals surface area (Å²) >= 11 is 13.3. The molecule has 0 saturated heterocycles. The van der Waals surface area contributed by atoms with E-state index in [2.05, 4.69) is 15.5 Å². The van der Waals surface area contributed by atoms with Crippen LogP contribution < -0.4 is 5.32 Å². The highest BCUT2D eigenvalue weighted by atomic mass is 35.5. The predicted octanol–water partition coefficient (Wildman–Crippen LogP) is 6.42. The van der Waals surface area contributed by atoms with E-state index in [-0.39, 0.29) is 11.7 Å².